The molecule has 1 aromatic heterocycles. The van der Waals surface area contributed by atoms with Crippen LogP contribution in [0, 0.1) is 6.92 Å². The van der Waals surface area contributed by atoms with E-state index in [1.54, 1.807) is 40.7 Å². The van der Waals surface area contributed by atoms with Gasteiger partial charge in [0.15, 0.2) is 5.82 Å². The van der Waals surface area contributed by atoms with Crippen molar-refractivity contribution in [2.45, 2.75) is 22.6 Å². The highest BCUT2D eigenvalue weighted by molar-refractivity contribution is 8.01. The molecular weight excluding hydrogens is 354 g/mol. The van der Waals surface area contributed by atoms with E-state index < -0.39 is 5.91 Å². The molecule has 1 aliphatic heterocycles. The number of benzene rings is 2. The summed E-state index contributed by atoms with van der Waals surface area (Å²) in [5.74, 6) is 0.479. The van der Waals surface area contributed by atoms with E-state index in [9.17, 15) is 4.79 Å². The lowest BCUT2D eigenvalue weighted by molar-refractivity contribution is 0.0706. The molecule has 0 saturated carbocycles. The quantitative estimate of drug-likeness (QED) is 0.530. The predicted octanol–water partition coefficient (Wildman–Crippen LogP) is 4.37. The van der Waals surface area contributed by atoms with Gasteiger partial charge in [0.2, 0.25) is 0 Å². The zero-order chi connectivity index (χ0) is 17.4. The third-order valence-corrected chi connectivity index (χ3v) is 6.15. The summed E-state index contributed by atoms with van der Waals surface area (Å²) in [7, 11) is 0. The number of thiazole rings is 1. The van der Waals surface area contributed by atoms with E-state index in [-0.39, 0.29) is 0 Å². The first-order chi connectivity index (χ1) is 12.2. The molecule has 0 spiro atoms. The molecule has 2 N–H and O–H groups in total. The molecule has 126 valence electrons. The van der Waals surface area contributed by atoms with E-state index in [1.165, 1.54) is 9.10 Å². The van der Waals surface area contributed by atoms with Gasteiger partial charge in [0.05, 0.1) is 10.7 Å². The second-order valence-electron chi connectivity index (χ2n) is 5.64. The fraction of sp³-hybridized carbons (Fsp3) is 0.111. The van der Waals surface area contributed by atoms with Crippen LogP contribution in [0.4, 0.5) is 11.5 Å². The highest BCUT2D eigenvalue weighted by Gasteiger charge is 2.26. The van der Waals surface area contributed by atoms with Crippen LogP contribution < -0.4 is 10.4 Å². The van der Waals surface area contributed by atoms with Crippen molar-refractivity contribution in [1.29, 1.82) is 0 Å². The van der Waals surface area contributed by atoms with Crippen LogP contribution in [0.2, 0.25) is 0 Å². The molecule has 25 heavy (non-hydrogen) atoms. The molecule has 7 heteroatoms. The minimum atomic E-state index is -0.510. The number of aryl methyl sites for hydroxylation is 1. The fourth-order valence-electron chi connectivity index (χ4n) is 2.78. The number of nitrogens with one attached hydrogen (secondary N) is 1. The first kappa shape index (κ1) is 16.1. The molecule has 0 aliphatic carbocycles. The molecule has 0 fully saturated rings. The van der Waals surface area contributed by atoms with Gasteiger partial charge < -0.3 is 4.90 Å². The number of amides is 1. The van der Waals surface area contributed by atoms with E-state index in [0.717, 1.165) is 22.1 Å². The number of carbonyl (C=O) groups excluding carboxylic acids is 1. The lowest BCUT2D eigenvalue weighted by atomic mass is 10.1. The van der Waals surface area contributed by atoms with Crippen molar-refractivity contribution < 1.29 is 10.0 Å². The van der Waals surface area contributed by atoms with Gasteiger partial charge in [-0.25, -0.2) is 10.5 Å². The minimum absolute atomic E-state index is 0.422. The number of hydrogen-bond donors (Lipinski definition) is 2. The Hall–Kier alpha value is -2.35. The first-order valence-corrected chi connectivity index (χ1v) is 9.34. The SMILES string of the molecule is Cc1nc2c(s1)Sc1ccccc1N2Cc1ccc(C(=O)NO)cc1. The summed E-state index contributed by atoms with van der Waals surface area (Å²) < 4.78 is 1.20. The third-order valence-electron chi connectivity index (χ3n) is 3.96. The second-order valence-corrected chi connectivity index (χ2v) is 8.15. The third kappa shape index (κ3) is 3.02. The zero-order valence-electron chi connectivity index (χ0n) is 13.4. The number of fused-ring (bicyclic) bond motifs is 2. The Morgan fingerprint density at radius 3 is 2.72 bits per heavy atom. The molecular formula is C18H15N3O2S2. The highest BCUT2D eigenvalue weighted by Crippen LogP contribution is 2.50. The molecule has 0 unspecified atom stereocenters. The number of para-hydroxylation sites is 1. The lowest BCUT2D eigenvalue weighted by Gasteiger charge is -2.29. The Balaban J connectivity index is 1.69. The van der Waals surface area contributed by atoms with Crippen molar-refractivity contribution in [2.75, 3.05) is 4.90 Å². The Labute approximate surface area is 153 Å². The van der Waals surface area contributed by atoms with Crippen LogP contribution in [0.5, 0.6) is 0 Å². The minimum Gasteiger partial charge on any atom is -0.319 e. The zero-order valence-corrected chi connectivity index (χ0v) is 15.0. The Bertz CT molecular complexity index is 938. The summed E-state index contributed by atoms with van der Waals surface area (Å²) in [5.41, 5.74) is 4.28. The first-order valence-electron chi connectivity index (χ1n) is 7.71. The lowest BCUT2D eigenvalue weighted by Crippen LogP contribution is -2.21. The van der Waals surface area contributed by atoms with Gasteiger partial charge in [-0.3, -0.25) is 10.0 Å². The number of carbonyl (C=O) groups is 1. The molecule has 5 nitrogen and oxygen atoms in total. The van der Waals surface area contributed by atoms with Gasteiger partial charge in [0, 0.05) is 17.0 Å². The molecule has 3 aromatic rings. The Kier molecular flexibility index (Phi) is 4.20. The van der Waals surface area contributed by atoms with E-state index in [2.05, 4.69) is 17.0 Å². The number of rotatable bonds is 3. The number of anilines is 2. The van der Waals surface area contributed by atoms with Crippen LogP contribution in [-0.2, 0) is 6.54 Å². The standard InChI is InChI=1S/C18H15N3O2S2/c1-11-19-16-18(24-11)25-15-5-3-2-4-14(15)21(16)10-12-6-8-13(9-7-12)17(22)20-23/h2-9,23H,10H2,1H3,(H,20,22). The van der Waals surface area contributed by atoms with Crippen molar-refractivity contribution in [2.24, 2.45) is 0 Å². The monoisotopic (exact) mass is 369 g/mol. The number of nitrogens with zero attached hydrogens (tertiary/aromatic N) is 2. The van der Waals surface area contributed by atoms with Crippen LogP contribution in [0.15, 0.2) is 57.6 Å². The van der Waals surface area contributed by atoms with Crippen LogP contribution in [-0.4, -0.2) is 16.1 Å². The number of hydroxylamine groups is 1. The summed E-state index contributed by atoms with van der Waals surface area (Å²) in [5, 5.41) is 9.77. The van der Waals surface area contributed by atoms with E-state index >= 15 is 0 Å². The molecule has 0 atom stereocenters. The highest BCUT2D eigenvalue weighted by atomic mass is 32.2. The van der Waals surface area contributed by atoms with Gasteiger partial charge in [-0.15, -0.1) is 11.3 Å². The normalized spacial score (nSPS) is 12.5. The molecule has 0 saturated heterocycles. The summed E-state index contributed by atoms with van der Waals surface area (Å²) in [6.07, 6.45) is 0. The topological polar surface area (TPSA) is 65.5 Å². The number of hydrogen-bond acceptors (Lipinski definition) is 6. The summed E-state index contributed by atoms with van der Waals surface area (Å²) in [6.45, 7) is 2.68. The van der Waals surface area contributed by atoms with Crippen molar-refractivity contribution in [3.63, 3.8) is 0 Å². The van der Waals surface area contributed by atoms with Gasteiger partial charge in [-0.1, -0.05) is 36.0 Å². The van der Waals surface area contributed by atoms with Gasteiger partial charge in [0.25, 0.3) is 5.91 Å². The molecule has 2 heterocycles. The van der Waals surface area contributed by atoms with E-state index in [1.807, 2.05) is 31.2 Å². The molecule has 0 bridgehead atoms. The van der Waals surface area contributed by atoms with Gasteiger partial charge in [0.1, 0.15) is 4.21 Å². The fourth-order valence-corrected chi connectivity index (χ4v) is 5.11. The predicted molar refractivity (Wildman–Crippen MR) is 99.0 cm³/mol. The van der Waals surface area contributed by atoms with Gasteiger partial charge in [-0.2, -0.15) is 0 Å². The second kappa shape index (κ2) is 6.51. The van der Waals surface area contributed by atoms with Crippen LogP contribution in [0.3, 0.4) is 0 Å². The molecule has 4 rings (SSSR count). The average molecular weight is 369 g/mol. The maximum Gasteiger partial charge on any atom is 0.274 e. The Morgan fingerprint density at radius 1 is 1.20 bits per heavy atom. The number of aromatic nitrogens is 1. The maximum atomic E-state index is 11.5. The Morgan fingerprint density at radius 2 is 1.96 bits per heavy atom. The van der Waals surface area contributed by atoms with E-state index in [0.29, 0.717) is 12.1 Å². The van der Waals surface area contributed by atoms with Crippen molar-refractivity contribution in [3.05, 3.63) is 64.7 Å². The van der Waals surface area contributed by atoms with Gasteiger partial charge >= 0.3 is 0 Å². The molecule has 0 radical (unpaired) electrons. The van der Waals surface area contributed by atoms with Crippen molar-refractivity contribution in [1.82, 2.24) is 10.5 Å². The largest absolute Gasteiger partial charge is 0.319 e. The maximum absolute atomic E-state index is 11.5. The van der Waals surface area contributed by atoms with Crippen molar-refractivity contribution >= 4 is 40.5 Å². The van der Waals surface area contributed by atoms with Crippen LogP contribution in [0.1, 0.15) is 20.9 Å². The summed E-state index contributed by atoms with van der Waals surface area (Å²) >= 11 is 3.47. The smallest absolute Gasteiger partial charge is 0.274 e. The summed E-state index contributed by atoms with van der Waals surface area (Å²) in [6, 6.07) is 15.5. The molecule has 1 aliphatic rings. The molecule has 1 amide bonds. The van der Waals surface area contributed by atoms with E-state index in [4.69, 9.17) is 10.2 Å². The van der Waals surface area contributed by atoms with Gasteiger partial charge in [-0.05, 0) is 36.8 Å². The van der Waals surface area contributed by atoms with Crippen LogP contribution >= 0.6 is 23.1 Å². The van der Waals surface area contributed by atoms with Crippen molar-refractivity contribution in [3.8, 4) is 0 Å². The average Bonchev–Trinajstić information content (AvgIpc) is 3.01. The summed E-state index contributed by atoms with van der Waals surface area (Å²) in [4.78, 5) is 19.6. The van der Waals surface area contributed by atoms with Crippen LogP contribution in [0.25, 0.3) is 0 Å². The molecule has 2 aromatic carbocycles.